The molecule has 0 aromatic heterocycles. The quantitative estimate of drug-likeness (QED) is 0.808. The number of likely N-dealkylation sites (tertiary alicyclic amines) is 1. The molecule has 3 rings (SSSR count). The summed E-state index contributed by atoms with van der Waals surface area (Å²) in [4.78, 5) is 17.4. The van der Waals surface area contributed by atoms with Crippen LogP contribution in [-0.4, -0.2) is 73.6 Å². The van der Waals surface area contributed by atoms with Gasteiger partial charge < -0.3 is 10.6 Å². The highest BCUT2D eigenvalue weighted by Crippen LogP contribution is 2.29. The average molecular weight is 322 g/mol. The Hall–Kier alpha value is -0.650. The van der Waals surface area contributed by atoms with Gasteiger partial charge in [-0.1, -0.05) is 26.7 Å². The first-order valence-electron chi connectivity index (χ1n) is 9.60. The maximum Gasteiger partial charge on any atom is 0.234 e. The van der Waals surface area contributed by atoms with Gasteiger partial charge in [-0.25, -0.2) is 0 Å². The number of hydrogen-bond donors (Lipinski definition) is 2. The Balaban J connectivity index is 1.42. The minimum atomic E-state index is 0.233. The molecule has 0 aromatic rings. The Bertz CT molecular complexity index is 396. The number of nitrogens with zero attached hydrogens (tertiary/aromatic N) is 2. The van der Waals surface area contributed by atoms with Crippen molar-refractivity contribution in [3.63, 3.8) is 0 Å². The van der Waals surface area contributed by atoms with Crippen LogP contribution < -0.4 is 10.6 Å². The Kier molecular flexibility index (Phi) is 5.94. The standard InChI is InChI=1S/C18H34N4O/c1-14-4-3-5-17(15(14)2)20-18(23)13-21-9-6-16(12-21)22-10-7-19-8-11-22/h14-17,19H,3-13H2,1-2H3,(H,20,23). The molecule has 0 aromatic carbocycles. The lowest BCUT2D eigenvalue weighted by atomic mass is 9.78. The zero-order valence-electron chi connectivity index (χ0n) is 14.9. The number of amides is 1. The molecule has 4 unspecified atom stereocenters. The molecule has 2 aliphatic heterocycles. The first kappa shape index (κ1) is 17.2. The summed E-state index contributed by atoms with van der Waals surface area (Å²) in [5.74, 6) is 1.58. The van der Waals surface area contributed by atoms with Crippen LogP contribution in [0.2, 0.25) is 0 Å². The van der Waals surface area contributed by atoms with Gasteiger partial charge in [0, 0.05) is 51.4 Å². The lowest BCUT2D eigenvalue weighted by molar-refractivity contribution is -0.123. The first-order chi connectivity index (χ1) is 11.1. The van der Waals surface area contributed by atoms with Crippen LogP contribution in [0.1, 0.15) is 39.5 Å². The smallest absolute Gasteiger partial charge is 0.234 e. The third kappa shape index (κ3) is 4.46. The van der Waals surface area contributed by atoms with E-state index in [1.165, 1.54) is 19.3 Å². The fourth-order valence-corrected chi connectivity index (χ4v) is 4.54. The van der Waals surface area contributed by atoms with E-state index in [1.54, 1.807) is 0 Å². The number of nitrogens with one attached hydrogen (secondary N) is 2. The Morgan fingerprint density at radius 1 is 1.13 bits per heavy atom. The number of carbonyl (C=O) groups is 1. The molecule has 2 heterocycles. The molecular formula is C18H34N4O. The van der Waals surface area contributed by atoms with Crippen LogP contribution >= 0.6 is 0 Å². The number of hydrogen-bond acceptors (Lipinski definition) is 4. The number of rotatable bonds is 4. The van der Waals surface area contributed by atoms with Crippen LogP contribution in [0.4, 0.5) is 0 Å². The summed E-state index contributed by atoms with van der Waals surface area (Å²) in [6, 6.07) is 1.04. The zero-order chi connectivity index (χ0) is 16.2. The zero-order valence-corrected chi connectivity index (χ0v) is 14.9. The van der Waals surface area contributed by atoms with E-state index < -0.39 is 0 Å². The maximum absolute atomic E-state index is 12.4. The lowest BCUT2D eigenvalue weighted by Gasteiger charge is -2.35. The van der Waals surface area contributed by atoms with Crippen LogP contribution in [0, 0.1) is 11.8 Å². The van der Waals surface area contributed by atoms with E-state index in [0.29, 0.717) is 24.5 Å². The molecular weight excluding hydrogens is 288 g/mol. The van der Waals surface area contributed by atoms with Crippen LogP contribution in [0.25, 0.3) is 0 Å². The molecule has 0 spiro atoms. The van der Waals surface area contributed by atoms with Gasteiger partial charge in [0.05, 0.1) is 6.54 Å². The van der Waals surface area contributed by atoms with Gasteiger partial charge in [0.1, 0.15) is 0 Å². The summed E-state index contributed by atoms with van der Waals surface area (Å²) in [6.45, 7) is 11.9. The van der Waals surface area contributed by atoms with Crippen molar-refractivity contribution in [1.82, 2.24) is 20.4 Å². The third-order valence-electron chi connectivity index (χ3n) is 6.34. The molecule has 2 N–H and O–H groups in total. The van der Waals surface area contributed by atoms with E-state index in [4.69, 9.17) is 0 Å². The minimum Gasteiger partial charge on any atom is -0.352 e. The summed E-state index contributed by atoms with van der Waals surface area (Å²) in [6.07, 6.45) is 4.93. The van der Waals surface area contributed by atoms with E-state index in [2.05, 4.69) is 34.3 Å². The largest absolute Gasteiger partial charge is 0.352 e. The highest BCUT2D eigenvalue weighted by molar-refractivity contribution is 5.78. The van der Waals surface area contributed by atoms with Crippen molar-refractivity contribution in [1.29, 1.82) is 0 Å². The van der Waals surface area contributed by atoms with E-state index >= 15 is 0 Å². The predicted molar refractivity (Wildman–Crippen MR) is 93.4 cm³/mol. The van der Waals surface area contributed by atoms with E-state index in [-0.39, 0.29) is 5.91 Å². The number of piperazine rings is 1. The molecule has 1 aliphatic carbocycles. The van der Waals surface area contributed by atoms with Crippen LogP contribution in [0.5, 0.6) is 0 Å². The molecule has 0 bridgehead atoms. The molecule has 3 aliphatic rings. The summed E-state index contributed by atoms with van der Waals surface area (Å²) >= 11 is 0. The predicted octanol–water partition coefficient (Wildman–Crippen LogP) is 0.907. The Morgan fingerprint density at radius 2 is 1.91 bits per heavy atom. The summed E-state index contributed by atoms with van der Waals surface area (Å²) in [5.41, 5.74) is 0. The van der Waals surface area contributed by atoms with Gasteiger partial charge in [-0.05, 0) is 24.7 Å². The molecule has 0 radical (unpaired) electrons. The van der Waals surface area contributed by atoms with E-state index in [1.807, 2.05) is 0 Å². The van der Waals surface area contributed by atoms with Crippen molar-refractivity contribution in [3.05, 3.63) is 0 Å². The second kappa shape index (κ2) is 7.95. The maximum atomic E-state index is 12.4. The lowest BCUT2D eigenvalue weighted by Crippen LogP contribution is -2.50. The van der Waals surface area contributed by atoms with Crippen molar-refractivity contribution < 1.29 is 4.79 Å². The van der Waals surface area contributed by atoms with Crippen molar-refractivity contribution in [2.75, 3.05) is 45.8 Å². The Labute approximate surface area is 141 Å². The van der Waals surface area contributed by atoms with Crippen LogP contribution in [-0.2, 0) is 4.79 Å². The van der Waals surface area contributed by atoms with Gasteiger partial charge in [-0.2, -0.15) is 0 Å². The van der Waals surface area contributed by atoms with Gasteiger partial charge in [-0.15, -0.1) is 0 Å². The normalized spacial score (nSPS) is 37.0. The molecule has 3 fully saturated rings. The molecule has 132 valence electrons. The highest BCUT2D eigenvalue weighted by atomic mass is 16.2. The molecule has 2 saturated heterocycles. The van der Waals surface area contributed by atoms with Crippen molar-refractivity contribution in [3.8, 4) is 0 Å². The monoisotopic (exact) mass is 322 g/mol. The Morgan fingerprint density at radius 3 is 2.70 bits per heavy atom. The second-order valence-corrected chi connectivity index (χ2v) is 7.90. The SMILES string of the molecule is CC1CCCC(NC(=O)CN2CCC(N3CCNCC3)C2)C1C. The van der Waals surface area contributed by atoms with Gasteiger partial charge in [0.2, 0.25) is 5.91 Å². The van der Waals surface area contributed by atoms with Crippen molar-refractivity contribution in [2.24, 2.45) is 11.8 Å². The minimum absolute atomic E-state index is 0.233. The van der Waals surface area contributed by atoms with Crippen molar-refractivity contribution >= 4 is 5.91 Å². The van der Waals surface area contributed by atoms with Gasteiger partial charge in [0.15, 0.2) is 0 Å². The van der Waals surface area contributed by atoms with Crippen LogP contribution in [0.15, 0.2) is 0 Å². The molecule has 5 heteroatoms. The molecule has 4 atom stereocenters. The van der Waals surface area contributed by atoms with Crippen LogP contribution in [0.3, 0.4) is 0 Å². The molecule has 1 saturated carbocycles. The molecule has 1 amide bonds. The van der Waals surface area contributed by atoms with Gasteiger partial charge >= 0.3 is 0 Å². The second-order valence-electron chi connectivity index (χ2n) is 7.90. The first-order valence-corrected chi connectivity index (χ1v) is 9.60. The summed E-state index contributed by atoms with van der Waals surface area (Å²) < 4.78 is 0. The van der Waals surface area contributed by atoms with Crippen molar-refractivity contribution in [2.45, 2.75) is 51.6 Å². The van der Waals surface area contributed by atoms with Gasteiger partial charge in [-0.3, -0.25) is 14.6 Å². The molecule has 5 nitrogen and oxygen atoms in total. The van der Waals surface area contributed by atoms with E-state index in [9.17, 15) is 4.79 Å². The molecule has 23 heavy (non-hydrogen) atoms. The van der Waals surface area contributed by atoms with E-state index in [0.717, 1.165) is 51.6 Å². The number of carbonyl (C=O) groups excluding carboxylic acids is 1. The third-order valence-corrected chi connectivity index (χ3v) is 6.34. The topological polar surface area (TPSA) is 47.6 Å². The summed E-state index contributed by atoms with van der Waals surface area (Å²) in [7, 11) is 0. The average Bonchev–Trinajstić information content (AvgIpc) is 3.01. The fraction of sp³-hybridized carbons (Fsp3) is 0.944. The van der Waals surface area contributed by atoms with Gasteiger partial charge in [0.25, 0.3) is 0 Å². The highest BCUT2D eigenvalue weighted by Gasteiger charge is 2.31. The summed E-state index contributed by atoms with van der Waals surface area (Å²) in [5, 5.41) is 6.73. The fourth-order valence-electron chi connectivity index (χ4n) is 4.54.